The van der Waals surface area contributed by atoms with Gasteiger partial charge in [-0.3, -0.25) is 0 Å². The van der Waals surface area contributed by atoms with Gasteiger partial charge in [0.05, 0.1) is 26.4 Å². The molecule has 41 heavy (non-hydrogen) atoms. The Morgan fingerprint density at radius 3 is 1.32 bits per heavy atom. The summed E-state index contributed by atoms with van der Waals surface area (Å²) in [4.78, 5) is 8.47. The molecule has 4 rings (SSSR count). The van der Waals surface area contributed by atoms with Crippen molar-refractivity contribution in [2.75, 3.05) is 62.6 Å². The number of hydrazine groups is 4. The second kappa shape index (κ2) is 20.2. The Morgan fingerprint density at radius 1 is 0.780 bits per heavy atom. The van der Waals surface area contributed by atoms with Gasteiger partial charge in [-0.25, -0.2) is 20.0 Å². The van der Waals surface area contributed by atoms with E-state index >= 15 is 0 Å². The molecule has 0 saturated carbocycles. The van der Waals surface area contributed by atoms with Crippen molar-refractivity contribution in [3.8, 4) is 0 Å². The minimum atomic E-state index is -2.03. The summed E-state index contributed by atoms with van der Waals surface area (Å²) >= 11 is 40.4. The third-order valence-corrected chi connectivity index (χ3v) is 7.65. The van der Waals surface area contributed by atoms with Gasteiger partial charge in [-0.15, -0.1) is 47.9 Å². The van der Waals surface area contributed by atoms with Crippen LogP contribution >= 0.6 is 96.8 Å². The third-order valence-electron chi connectivity index (χ3n) is 4.78. The average Bonchev–Trinajstić information content (AvgIpc) is 3.66. The fraction of sp³-hybridized carbons (Fsp3) is 0.444. The summed E-state index contributed by atoms with van der Waals surface area (Å²) in [7, 11) is 0. The molecule has 0 bridgehead atoms. The van der Waals surface area contributed by atoms with E-state index in [0.717, 1.165) is 0 Å². The molecule has 0 atom stereocenters. The van der Waals surface area contributed by atoms with Crippen LogP contribution in [0.4, 0.5) is 10.3 Å². The number of thiazole rings is 2. The molecule has 0 unspecified atom stereocenters. The van der Waals surface area contributed by atoms with Crippen molar-refractivity contribution in [2.24, 2.45) is 0 Å². The number of hydrogen-bond donors (Lipinski definition) is 2. The number of ether oxygens (including phenoxy) is 2. The normalized spacial score (nSPS) is 15.1. The van der Waals surface area contributed by atoms with Crippen LogP contribution in [0.15, 0.2) is 23.2 Å². The molecule has 2 fully saturated rings. The van der Waals surface area contributed by atoms with E-state index in [-0.39, 0.29) is 8.64 Å². The van der Waals surface area contributed by atoms with Crippen molar-refractivity contribution in [3.63, 3.8) is 0 Å². The van der Waals surface area contributed by atoms with Crippen LogP contribution in [0.25, 0.3) is 0 Å². The van der Waals surface area contributed by atoms with Crippen molar-refractivity contribution in [1.82, 2.24) is 30.2 Å². The fourth-order valence-electron chi connectivity index (χ4n) is 3.27. The summed E-state index contributed by atoms with van der Waals surface area (Å²) in [5.74, 6) is 0. The fourth-order valence-corrected chi connectivity index (χ4v) is 6.25. The van der Waals surface area contributed by atoms with Crippen LogP contribution < -0.4 is 10.0 Å². The standard InChI is InChI=1S/2C9H12N4OS5.Mo.2O/c2*15-8(16)12(7-10-1-6-19-7)13(9(17)18)11-2-4-14-5-3-11;;;/h2*1,6H,2-5H2,(H,15,16)(H,17,18);;;/q;;+2;;/p-2. The Hall–Kier alpha value is 0.0883. The van der Waals surface area contributed by atoms with Crippen molar-refractivity contribution in [3.05, 3.63) is 23.2 Å². The van der Waals surface area contributed by atoms with E-state index < -0.39 is 18.5 Å². The minimum absolute atomic E-state index is 0.248. The monoisotopic (exact) mass is 832 g/mol. The van der Waals surface area contributed by atoms with E-state index in [4.69, 9.17) is 90.4 Å². The number of nitrogens with zero attached hydrogens (tertiary/aromatic N) is 8. The van der Waals surface area contributed by atoms with Crippen LogP contribution in [0.1, 0.15) is 0 Å². The van der Waals surface area contributed by atoms with Crippen molar-refractivity contribution in [1.29, 1.82) is 0 Å². The van der Waals surface area contributed by atoms with E-state index in [2.05, 4.69) is 35.2 Å². The molecular weight excluding hydrogens is 809 g/mol. The Bertz CT molecular complexity index is 1080. The Morgan fingerprint density at radius 2 is 1.10 bits per heavy atom. The molecule has 0 spiro atoms. The first kappa shape index (κ1) is 37.3. The summed E-state index contributed by atoms with van der Waals surface area (Å²) in [5, 5.41) is 15.7. The van der Waals surface area contributed by atoms with Crippen molar-refractivity contribution >= 4 is 150 Å². The van der Waals surface area contributed by atoms with Crippen LogP contribution in [-0.2, 0) is 60.0 Å². The second-order valence-electron chi connectivity index (χ2n) is 7.13. The molecule has 4 heterocycles. The molecule has 224 valence electrons. The van der Waals surface area contributed by atoms with Gasteiger partial charge in [-0.05, 0) is 33.1 Å². The molecule has 2 aromatic heterocycles. The van der Waals surface area contributed by atoms with E-state index in [9.17, 15) is 0 Å². The molecule has 2 saturated heterocycles. The molecular formula is C18H22MoN8O4S10. The van der Waals surface area contributed by atoms with E-state index in [0.29, 0.717) is 71.5 Å². The molecule has 2 aliphatic heterocycles. The number of hydrogen-bond acceptors (Lipinski definition) is 16. The van der Waals surface area contributed by atoms with Crippen LogP contribution in [0.5, 0.6) is 0 Å². The number of thiol groups is 2. The van der Waals surface area contributed by atoms with Crippen LogP contribution in [0.2, 0.25) is 0 Å². The first-order chi connectivity index (χ1) is 19.6. The van der Waals surface area contributed by atoms with Crippen molar-refractivity contribution in [2.45, 2.75) is 0 Å². The zero-order chi connectivity index (χ0) is 30.4. The van der Waals surface area contributed by atoms with Gasteiger partial charge in [0.1, 0.15) is 0 Å². The van der Waals surface area contributed by atoms with Gasteiger partial charge in [0, 0.05) is 49.3 Å². The molecule has 23 heteroatoms. The van der Waals surface area contributed by atoms with Gasteiger partial charge in [0.15, 0.2) is 8.64 Å². The van der Waals surface area contributed by atoms with Crippen LogP contribution in [-0.4, -0.2) is 100 Å². The Balaban J connectivity index is 0.000000262. The molecule has 2 aliphatic rings. The van der Waals surface area contributed by atoms with Gasteiger partial charge in [-0.2, -0.15) is 20.3 Å². The molecule has 2 aromatic rings. The predicted molar refractivity (Wildman–Crippen MR) is 182 cm³/mol. The quantitative estimate of drug-likeness (QED) is 0.155. The zero-order valence-corrected chi connectivity index (χ0v) is 31.1. The topological polar surface area (TPSA) is 97.8 Å². The predicted octanol–water partition coefficient (Wildman–Crippen LogP) is 2.68. The molecule has 0 N–H and O–H groups in total. The van der Waals surface area contributed by atoms with E-state index in [1.54, 1.807) is 32.6 Å². The third kappa shape index (κ3) is 11.8. The summed E-state index contributed by atoms with van der Waals surface area (Å²) in [5.41, 5.74) is 0. The van der Waals surface area contributed by atoms with Crippen LogP contribution in [0.3, 0.4) is 0 Å². The molecule has 0 aliphatic carbocycles. The number of morpholine rings is 2. The molecule has 0 amide bonds. The Kier molecular flexibility index (Phi) is 18.4. The van der Waals surface area contributed by atoms with Gasteiger partial charge in [0.25, 0.3) is 0 Å². The SMILES string of the molecule is S=C([S-])N(c1nccs1)N(C(=S)S)N1CCOCC1.S=C([S-])N(c1nccs1)N(C(=S)S)N1CCOCC1.[O]=[Mo+2]=[O]. The van der Waals surface area contributed by atoms with Crippen LogP contribution in [0, 0.1) is 0 Å². The number of aromatic nitrogens is 2. The second-order valence-corrected chi connectivity index (χ2v) is 13.5. The summed E-state index contributed by atoms with van der Waals surface area (Å²) in [6.45, 7) is 5.29. The molecule has 0 radical (unpaired) electrons. The number of rotatable bonds is 4. The molecule has 12 nitrogen and oxygen atoms in total. The zero-order valence-electron chi connectivity index (χ0n) is 20.7. The first-order valence-corrected chi connectivity index (χ1v) is 17.8. The van der Waals surface area contributed by atoms with E-state index in [1.165, 1.54) is 22.7 Å². The van der Waals surface area contributed by atoms with Crippen molar-refractivity contribution < 1.29 is 34.8 Å². The van der Waals surface area contributed by atoms with E-state index in [1.807, 2.05) is 20.8 Å². The number of thiocarbonyl (C=S) groups is 4. The summed E-state index contributed by atoms with van der Waals surface area (Å²) < 4.78 is 28.9. The number of anilines is 2. The summed E-state index contributed by atoms with van der Waals surface area (Å²) in [6.07, 6.45) is 3.39. The average molecular weight is 831 g/mol. The summed E-state index contributed by atoms with van der Waals surface area (Å²) in [6, 6.07) is 0. The van der Waals surface area contributed by atoms with Gasteiger partial charge in [0.2, 0.25) is 10.3 Å². The maximum absolute atomic E-state index is 8.50. The van der Waals surface area contributed by atoms with Gasteiger partial charge >= 0.3 is 25.3 Å². The van der Waals surface area contributed by atoms with Gasteiger partial charge < -0.3 is 59.2 Å². The Labute approximate surface area is 297 Å². The van der Waals surface area contributed by atoms with Gasteiger partial charge in [-0.1, -0.05) is 0 Å². The molecule has 0 aromatic carbocycles. The maximum atomic E-state index is 8.50. The first-order valence-electron chi connectivity index (χ1n) is 11.1.